The van der Waals surface area contributed by atoms with Gasteiger partial charge in [-0.25, -0.2) is 9.59 Å². The van der Waals surface area contributed by atoms with E-state index in [0.29, 0.717) is 6.42 Å². The zero-order valence-corrected chi connectivity index (χ0v) is 19.6. The maximum atomic E-state index is 13.1. The number of likely N-dealkylation sites (N-methyl/N-ethyl adjacent to an activating group) is 1. The van der Waals surface area contributed by atoms with Crippen molar-refractivity contribution in [3.63, 3.8) is 0 Å². The summed E-state index contributed by atoms with van der Waals surface area (Å²) in [7, 11) is 1.46. The third-order valence-corrected chi connectivity index (χ3v) is 6.58. The van der Waals surface area contributed by atoms with Crippen LogP contribution in [0.5, 0.6) is 0 Å². The number of nitrogens with zero attached hydrogens (tertiary/aromatic N) is 1. The van der Waals surface area contributed by atoms with Gasteiger partial charge in [0, 0.05) is 13.0 Å². The molecule has 0 heterocycles. The summed E-state index contributed by atoms with van der Waals surface area (Å²) in [6.07, 6.45) is 0.223. The van der Waals surface area contributed by atoms with Gasteiger partial charge in [0.25, 0.3) is 0 Å². The van der Waals surface area contributed by atoms with E-state index in [1.165, 1.54) is 11.9 Å². The third kappa shape index (κ3) is 5.02. The van der Waals surface area contributed by atoms with E-state index < -0.39 is 30.1 Å². The van der Waals surface area contributed by atoms with Crippen LogP contribution in [-0.4, -0.2) is 53.7 Å². The van der Waals surface area contributed by atoms with Gasteiger partial charge in [-0.05, 0) is 34.6 Å². The first-order valence-electron chi connectivity index (χ1n) is 11.4. The van der Waals surface area contributed by atoms with E-state index in [2.05, 4.69) is 17.4 Å². The largest absolute Gasteiger partial charge is 0.480 e. The lowest BCUT2D eigenvalue weighted by atomic mass is 9.97. The Morgan fingerprint density at radius 2 is 1.55 bits per heavy atom. The van der Waals surface area contributed by atoms with Gasteiger partial charge < -0.3 is 20.1 Å². The molecule has 2 N–H and O–H groups in total. The summed E-state index contributed by atoms with van der Waals surface area (Å²) < 4.78 is 5.59. The van der Waals surface area contributed by atoms with Crippen LogP contribution in [0.3, 0.4) is 0 Å². The minimum atomic E-state index is -1.07. The molecule has 3 rings (SSSR count). The lowest BCUT2D eigenvalue weighted by molar-refractivity contribution is -0.150. The molecule has 1 aliphatic rings. The van der Waals surface area contributed by atoms with Crippen molar-refractivity contribution in [2.75, 3.05) is 13.7 Å². The second kappa shape index (κ2) is 10.5. The predicted molar refractivity (Wildman–Crippen MR) is 126 cm³/mol. The Balaban J connectivity index is 1.72. The van der Waals surface area contributed by atoms with Gasteiger partial charge in [0.15, 0.2) is 0 Å². The minimum Gasteiger partial charge on any atom is -0.480 e. The van der Waals surface area contributed by atoms with Gasteiger partial charge in [-0.15, -0.1) is 0 Å². The summed E-state index contributed by atoms with van der Waals surface area (Å²) in [5.41, 5.74) is 4.48. The van der Waals surface area contributed by atoms with Gasteiger partial charge in [0.1, 0.15) is 18.7 Å². The van der Waals surface area contributed by atoms with Crippen LogP contribution in [-0.2, 0) is 14.3 Å². The molecule has 0 aliphatic heterocycles. The molecule has 2 aromatic rings. The molecule has 0 saturated heterocycles. The second-order valence-electron chi connectivity index (χ2n) is 8.54. The molecule has 0 spiro atoms. The van der Waals surface area contributed by atoms with Crippen LogP contribution in [0.2, 0.25) is 0 Å². The Morgan fingerprint density at radius 1 is 1.00 bits per heavy atom. The molecular weight excluding hydrogens is 420 g/mol. The number of hydrogen-bond acceptors (Lipinski definition) is 4. The van der Waals surface area contributed by atoms with Crippen molar-refractivity contribution >= 4 is 18.0 Å². The maximum absolute atomic E-state index is 13.1. The minimum absolute atomic E-state index is 0.0833. The highest BCUT2D eigenvalue weighted by Crippen LogP contribution is 2.44. The number of benzene rings is 2. The Kier molecular flexibility index (Phi) is 7.74. The first-order valence-corrected chi connectivity index (χ1v) is 11.4. The van der Waals surface area contributed by atoms with E-state index in [9.17, 15) is 19.5 Å². The van der Waals surface area contributed by atoms with Crippen molar-refractivity contribution in [2.24, 2.45) is 5.92 Å². The van der Waals surface area contributed by atoms with Crippen LogP contribution in [0, 0.1) is 5.92 Å². The predicted octanol–water partition coefficient (Wildman–Crippen LogP) is 4.26. The van der Waals surface area contributed by atoms with E-state index in [1.807, 2.05) is 50.2 Å². The average Bonchev–Trinajstić information content (AvgIpc) is 3.14. The molecular formula is C26H32N2O5. The van der Waals surface area contributed by atoms with E-state index in [-0.39, 0.29) is 24.9 Å². The number of carbonyl (C=O) groups is 3. The zero-order chi connectivity index (χ0) is 24.1. The van der Waals surface area contributed by atoms with Crippen LogP contribution in [0.25, 0.3) is 11.1 Å². The highest BCUT2D eigenvalue weighted by atomic mass is 16.5. The molecule has 1 unspecified atom stereocenters. The summed E-state index contributed by atoms with van der Waals surface area (Å²) in [6, 6.07) is 14.3. The molecule has 2 amide bonds. The zero-order valence-electron chi connectivity index (χ0n) is 19.6. The number of carbonyl (C=O) groups excluding carboxylic acids is 2. The SMILES string of the molecule is CCC(C(=O)O)N(C)C(=O)[C@@H](NC(=O)OCC1c2ccccc2-c2ccccc21)[C@@H](C)CC. The third-order valence-electron chi connectivity index (χ3n) is 6.58. The Hall–Kier alpha value is -3.35. The van der Waals surface area contributed by atoms with Crippen LogP contribution < -0.4 is 5.32 Å². The molecule has 2 aromatic carbocycles. The van der Waals surface area contributed by atoms with Gasteiger partial charge >= 0.3 is 12.1 Å². The number of carboxylic acids is 1. The molecule has 1 aliphatic carbocycles. The number of nitrogens with one attached hydrogen (secondary N) is 1. The maximum Gasteiger partial charge on any atom is 0.407 e. The first kappa shape index (κ1) is 24.3. The average molecular weight is 453 g/mol. The molecule has 0 radical (unpaired) electrons. The van der Waals surface area contributed by atoms with Crippen molar-refractivity contribution in [3.8, 4) is 11.1 Å². The number of ether oxygens (including phenoxy) is 1. The number of aliphatic carboxylic acids is 1. The van der Waals surface area contributed by atoms with E-state index >= 15 is 0 Å². The first-order chi connectivity index (χ1) is 15.8. The second-order valence-corrected chi connectivity index (χ2v) is 8.54. The molecule has 0 fully saturated rings. The Labute approximate surface area is 194 Å². The van der Waals surface area contributed by atoms with Crippen molar-refractivity contribution in [3.05, 3.63) is 59.7 Å². The topological polar surface area (TPSA) is 95.9 Å². The summed E-state index contributed by atoms with van der Waals surface area (Å²) in [5, 5.41) is 12.1. The lowest BCUT2D eigenvalue weighted by Crippen LogP contribution is -2.54. The number of fused-ring (bicyclic) bond motifs is 3. The quantitative estimate of drug-likeness (QED) is 0.593. The molecule has 7 nitrogen and oxygen atoms in total. The van der Waals surface area contributed by atoms with Crippen molar-refractivity contribution in [2.45, 2.75) is 51.6 Å². The molecule has 0 aromatic heterocycles. The molecule has 7 heteroatoms. The fourth-order valence-electron chi connectivity index (χ4n) is 4.44. The highest BCUT2D eigenvalue weighted by molar-refractivity contribution is 5.89. The van der Waals surface area contributed by atoms with Crippen LogP contribution in [0.4, 0.5) is 4.79 Å². The van der Waals surface area contributed by atoms with E-state index in [4.69, 9.17) is 4.74 Å². The van der Waals surface area contributed by atoms with Crippen molar-refractivity contribution in [1.82, 2.24) is 10.2 Å². The summed E-state index contributed by atoms with van der Waals surface area (Å²) in [6.45, 7) is 5.62. The Morgan fingerprint density at radius 3 is 2.03 bits per heavy atom. The number of amides is 2. The van der Waals surface area contributed by atoms with Gasteiger partial charge in [-0.1, -0.05) is 75.7 Å². The molecule has 3 atom stereocenters. The van der Waals surface area contributed by atoms with Gasteiger partial charge in [0.2, 0.25) is 5.91 Å². The van der Waals surface area contributed by atoms with Gasteiger partial charge in [-0.3, -0.25) is 4.79 Å². The number of alkyl carbamates (subject to hydrolysis) is 1. The molecule has 0 saturated carbocycles. The normalized spacial score (nSPS) is 15.0. The Bertz CT molecular complexity index is 976. The highest BCUT2D eigenvalue weighted by Gasteiger charge is 2.34. The summed E-state index contributed by atoms with van der Waals surface area (Å²) >= 11 is 0. The van der Waals surface area contributed by atoms with Gasteiger partial charge in [0.05, 0.1) is 0 Å². The van der Waals surface area contributed by atoms with Crippen molar-refractivity contribution < 1.29 is 24.2 Å². The summed E-state index contributed by atoms with van der Waals surface area (Å²) in [4.78, 5) is 38.5. The number of rotatable bonds is 9. The standard InChI is InChI=1S/C26H32N2O5/c1-5-16(3)23(24(29)28(4)22(6-2)25(30)31)27-26(32)33-15-21-19-13-9-7-11-17(19)18-12-8-10-14-20(18)21/h7-14,16,21-23H,5-6,15H2,1-4H3,(H,27,32)(H,30,31)/t16-,22?,23-/m0/s1. The fraction of sp³-hybridized carbons (Fsp3) is 0.423. The molecule has 176 valence electrons. The summed E-state index contributed by atoms with van der Waals surface area (Å²) in [5.74, 6) is -1.78. The molecule has 33 heavy (non-hydrogen) atoms. The van der Waals surface area contributed by atoms with Crippen LogP contribution in [0.1, 0.15) is 50.7 Å². The molecule has 0 bridgehead atoms. The fourth-order valence-corrected chi connectivity index (χ4v) is 4.44. The van der Waals surface area contributed by atoms with Gasteiger partial charge in [-0.2, -0.15) is 0 Å². The number of carboxylic acid groups (broad SMARTS) is 1. The van der Waals surface area contributed by atoms with Crippen LogP contribution >= 0.6 is 0 Å². The van der Waals surface area contributed by atoms with E-state index in [0.717, 1.165) is 22.3 Å². The monoisotopic (exact) mass is 452 g/mol. The van der Waals surface area contributed by atoms with E-state index in [1.54, 1.807) is 6.92 Å². The van der Waals surface area contributed by atoms with Crippen LogP contribution in [0.15, 0.2) is 48.5 Å². The smallest absolute Gasteiger partial charge is 0.407 e. The van der Waals surface area contributed by atoms with Crippen molar-refractivity contribution in [1.29, 1.82) is 0 Å². The number of hydrogen-bond donors (Lipinski definition) is 2. The lowest BCUT2D eigenvalue weighted by Gasteiger charge is -2.31.